The summed E-state index contributed by atoms with van der Waals surface area (Å²) in [5.74, 6) is 0.797. The Hall–Kier alpha value is -2.32. The SMILES string of the molecule is S=c1ncc(Nc2nnc(-c3ccc(Cl)cc3)o2)n[nH]1. The van der Waals surface area contributed by atoms with Crippen LogP contribution in [0, 0.1) is 4.77 Å². The van der Waals surface area contributed by atoms with Gasteiger partial charge in [0.2, 0.25) is 10.7 Å². The van der Waals surface area contributed by atoms with Gasteiger partial charge in [-0.3, -0.25) is 5.32 Å². The summed E-state index contributed by atoms with van der Waals surface area (Å²) >= 11 is 10.6. The zero-order valence-corrected chi connectivity index (χ0v) is 11.4. The first-order chi connectivity index (χ1) is 9.70. The molecule has 2 heterocycles. The van der Waals surface area contributed by atoms with Crippen molar-refractivity contribution in [1.82, 2.24) is 25.4 Å². The lowest BCUT2D eigenvalue weighted by atomic mass is 10.2. The van der Waals surface area contributed by atoms with E-state index in [1.807, 2.05) is 0 Å². The van der Waals surface area contributed by atoms with Crippen molar-refractivity contribution in [3.05, 3.63) is 40.3 Å². The molecular formula is C11H7ClN6OS. The average molecular weight is 307 g/mol. The van der Waals surface area contributed by atoms with E-state index in [-0.39, 0.29) is 6.01 Å². The van der Waals surface area contributed by atoms with E-state index in [4.69, 9.17) is 28.2 Å². The van der Waals surface area contributed by atoms with E-state index < -0.39 is 0 Å². The fourth-order valence-electron chi connectivity index (χ4n) is 1.44. The van der Waals surface area contributed by atoms with E-state index in [9.17, 15) is 0 Å². The maximum atomic E-state index is 5.82. The molecule has 0 radical (unpaired) electrons. The van der Waals surface area contributed by atoms with E-state index in [0.29, 0.717) is 21.5 Å². The van der Waals surface area contributed by atoms with Crippen molar-refractivity contribution in [2.24, 2.45) is 0 Å². The van der Waals surface area contributed by atoms with Crippen LogP contribution >= 0.6 is 23.8 Å². The third-order valence-electron chi connectivity index (χ3n) is 2.33. The minimum atomic E-state index is 0.203. The zero-order chi connectivity index (χ0) is 13.9. The lowest BCUT2D eigenvalue weighted by molar-refractivity contribution is 0.586. The van der Waals surface area contributed by atoms with E-state index in [1.54, 1.807) is 24.3 Å². The van der Waals surface area contributed by atoms with Crippen LogP contribution in [0.5, 0.6) is 0 Å². The second kappa shape index (κ2) is 5.35. The number of anilines is 2. The number of rotatable bonds is 3. The van der Waals surface area contributed by atoms with Gasteiger partial charge in [-0.25, -0.2) is 10.1 Å². The molecule has 0 saturated heterocycles. The topological polar surface area (TPSA) is 92.5 Å². The van der Waals surface area contributed by atoms with E-state index >= 15 is 0 Å². The van der Waals surface area contributed by atoms with Crippen LogP contribution in [0.1, 0.15) is 0 Å². The predicted molar refractivity (Wildman–Crippen MR) is 75.2 cm³/mol. The van der Waals surface area contributed by atoms with Gasteiger partial charge in [0.15, 0.2) is 5.82 Å². The summed E-state index contributed by atoms with van der Waals surface area (Å²) in [5, 5.41) is 17.7. The highest BCUT2D eigenvalue weighted by Crippen LogP contribution is 2.22. The van der Waals surface area contributed by atoms with Crippen molar-refractivity contribution in [3.63, 3.8) is 0 Å². The Morgan fingerprint density at radius 3 is 2.70 bits per heavy atom. The molecule has 0 atom stereocenters. The van der Waals surface area contributed by atoms with Crippen LogP contribution in [-0.2, 0) is 0 Å². The Morgan fingerprint density at radius 2 is 2.00 bits per heavy atom. The maximum Gasteiger partial charge on any atom is 0.321 e. The summed E-state index contributed by atoms with van der Waals surface area (Å²) in [6.45, 7) is 0. The number of aromatic amines is 1. The van der Waals surface area contributed by atoms with E-state index in [1.165, 1.54) is 6.20 Å². The molecule has 2 aromatic heterocycles. The minimum absolute atomic E-state index is 0.203. The second-order valence-corrected chi connectivity index (χ2v) is 4.54. The average Bonchev–Trinajstić information content (AvgIpc) is 2.91. The second-order valence-electron chi connectivity index (χ2n) is 3.72. The summed E-state index contributed by atoms with van der Waals surface area (Å²) in [4.78, 5) is 3.88. The molecule has 3 aromatic rings. The van der Waals surface area contributed by atoms with Crippen molar-refractivity contribution >= 4 is 35.7 Å². The molecule has 0 aliphatic carbocycles. The number of halogens is 1. The van der Waals surface area contributed by atoms with Crippen LogP contribution in [0.2, 0.25) is 5.02 Å². The minimum Gasteiger partial charge on any atom is -0.403 e. The van der Waals surface area contributed by atoms with Gasteiger partial charge >= 0.3 is 6.01 Å². The molecule has 0 aliphatic heterocycles. The lowest BCUT2D eigenvalue weighted by Crippen LogP contribution is -1.96. The van der Waals surface area contributed by atoms with Crippen LogP contribution in [-0.4, -0.2) is 25.4 Å². The van der Waals surface area contributed by atoms with Gasteiger partial charge in [0, 0.05) is 10.6 Å². The highest BCUT2D eigenvalue weighted by molar-refractivity contribution is 7.71. The van der Waals surface area contributed by atoms with Crippen molar-refractivity contribution in [1.29, 1.82) is 0 Å². The van der Waals surface area contributed by atoms with Crippen LogP contribution in [0.4, 0.5) is 11.8 Å². The third kappa shape index (κ3) is 2.81. The molecule has 100 valence electrons. The first-order valence-electron chi connectivity index (χ1n) is 5.49. The van der Waals surface area contributed by atoms with Crippen molar-refractivity contribution in [3.8, 4) is 11.5 Å². The molecule has 7 nitrogen and oxygen atoms in total. The molecule has 0 unspecified atom stereocenters. The number of H-pyrrole nitrogens is 1. The van der Waals surface area contributed by atoms with Gasteiger partial charge < -0.3 is 4.42 Å². The fourth-order valence-corrected chi connectivity index (χ4v) is 1.66. The Morgan fingerprint density at radius 1 is 1.20 bits per heavy atom. The normalized spacial score (nSPS) is 10.4. The maximum absolute atomic E-state index is 5.82. The van der Waals surface area contributed by atoms with Gasteiger partial charge in [0.05, 0.1) is 6.20 Å². The molecule has 0 saturated carbocycles. The monoisotopic (exact) mass is 306 g/mol. The molecular weight excluding hydrogens is 300 g/mol. The number of benzene rings is 1. The summed E-state index contributed by atoms with van der Waals surface area (Å²) in [5.41, 5.74) is 0.772. The van der Waals surface area contributed by atoms with Gasteiger partial charge in [0.25, 0.3) is 0 Å². The quantitative estimate of drug-likeness (QED) is 0.718. The Balaban J connectivity index is 1.81. The lowest BCUT2D eigenvalue weighted by Gasteiger charge is -1.97. The largest absolute Gasteiger partial charge is 0.403 e. The molecule has 20 heavy (non-hydrogen) atoms. The third-order valence-corrected chi connectivity index (χ3v) is 2.78. The van der Waals surface area contributed by atoms with Crippen LogP contribution in [0.15, 0.2) is 34.9 Å². The summed E-state index contributed by atoms with van der Waals surface area (Å²) in [7, 11) is 0. The Kier molecular flexibility index (Phi) is 3.40. The highest BCUT2D eigenvalue weighted by Gasteiger charge is 2.09. The Bertz CT molecular complexity index is 764. The van der Waals surface area contributed by atoms with Crippen molar-refractivity contribution < 1.29 is 4.42 Å². The zero-order valence-electron chi connectivity index (χ0n) is 9.87. The smallest absolute Gasteiger partial charge is 0.321 e. The molecule has 3 rings (SSSR count). The van der Waals surface area contributed by atoms with Gasteiger partial charge in [-0.15, -0.1) is 5.10 Å². The van der Waals surface area contributed by atoms with Gasteiger partial charge in [-0.1, -0.05) is 16.7 Å². The predicted octanol–water partition coefficient (Wildman–Crippen LogP) is 2.98. The number of aromatic nitrogens is 5. The first-order valence-corrected chi connectivity index (χ1v) is 6.27. The van der Waals surface area contributed by atoms with Crippen molar-refractivity contribution in [2.75, 3.05) is 5.32 Å². The summed E-state index contributed by atoms with van der Waals surface area (Å²) < 4.78 is 5.75. The van der Waals surface area contributed by atoms with Crippen LogP contribution in [0.25, 0.3) is 11.5 Å². The number of nitrogens with one attached hydrogen (secondary N) is 2. The number of hydrogen-bond donors (Lipinski definition) is 2. The molecule has 0 fully saturated rings. The van der Waals surface area contributed by atoms with Crippen LogP contribution < -0.4 is 5.32 Å². The molecule has 0 spiro atoms. The van der Waals surface area contributed by atoms with E-state index in [2.05, 4.69) is 30.7 Å². The number of nitrogens with zero attached hydrogens (tertiary/aromatic N) is 4. The number of hydrogen-bond acceptors (Lipinski definition) is 7. The molecule has 0 amide bonds. The summed E-state index contributed by atoms with van der Waals surface area (Å²) in [6, 6.07) is 7.28. The molecule has 0 aliphatic rings. The Labute approximate surface area is 123 Å². The first kappa shape index (κ1) is 12.7. The van der Waals surface area contributed by atoms with Gasteiger partial charge in [-0.05, 0) is 36.5 Å². The van der Waals surface area contributed by atoms with Crippen molar-refractivity contribution in [2.45, 2.75) is 0 Å². The molecule has 0 bridgehead atoms. The van der Waals surface area contributed by atoms with Gasteiger partial charge in [0.1, 0.15) is 0 Å². The van der Waals surface area contributed by atoms with Gasteiger partial charge in [-0.2, -0.15) is 5.10 Å². The molecule has 1 aromatic carbocycles. The standard InChI is InChI=1S/C11H7ClN6OS/c12-7-3-1-6(2-4-7)9-16-17-10(19-9)14-8-5-13-11(20)18-15-8/h1-5H,(H,13,18,20)(H,14,15,17). The summed E-state index contributed by atoms with van der Waals surface area (Å²) in [6.07, 6.45) is 1.46. The highest BCUT2D eigenvalue weighted by atomic mass is 35.5. The fraction of sp³-hybridized carbons (Fsp3) is 0. The van der Waals surface area contributed by atoms with Crippen LogP contribution in [0.3, 0.4) is 0 Å². The molecule has 9 heteroatoms. The molecule has 2 N–H and O–H groups in total. The van der Waals surface area contributed by atoms with E-state index in [0.717, 1.165) is 5.56 Å².